The molecular weight excluding hydrogens is 280 g/mol. The molecule has 0 aromatic carbocycles. The van der Waals surface area contributed by atoms with E-state index in [-0.39, 0.29) is 17.9 Å². The Morgan fingerprint density at radius 1 is 1.33 bits per heavy atom. The lowest BCUT2D eigenvalue weighted by Gasteiger charge is -2.32. The summed E-state index contributed by atoms with van der Waals surface area (Å²) >= 11 is 1.77. The van der Waals surface area contributed by atoms with E-state index in [1.54, 1.807) is 11.3 Å². The fraction of sp³-hybridized carbons (Fsp3) is 0.706. The number of nitrogens with zero attached hydrogens (tertiary/aromatic N) is 1. The zero-order chi connectivity index (χ0) is 15.4. The van der Waals surface area contributed by atoms with E-state index in [1.165, 1.54) is 9.75 Å². The van der Waals surface area contributed by atoms with Crippen molar-refractivity contribution in [3.8, 4) is 0 Å². The van der Waals surface area contributed by atoms with E-state index in [2.05, 4.69) is 50.0 Å². The molecule has 4 heteroatoms. The summed E-state index contributed by atoms with van der Waals surface area (Å²) < 4.78 is 0. The number of nitrogens with one attached hydrogen (secondary N) is 1. The highest BCUT2D eigenvalue weighted by molar-refractivity contribution is 7.12. The van der Waals surface area contributed by atoms with Crippen LogP contribution >= 0.6 is 11.3 Å². The summed E-state index contributed by atoms with van der Waals surface area (Å²) in [5.41, 5.74) is 0. The quantitative estimate of drug-likeness (QED) is 0.901. The lowest BCUT2D eigenvalue weighted by molar-refractivity contribution is -0.127. The first-order valence-electron chi connectivity index (χ1n) is 8.04. The second kappa shape index (κ2) is 7.41. The number of thiophene rings is 1. The van der Waals surface area contributed by atoms with Crippen LogP contribution in [0.1, 0.15) is 49.4 Å². The Morgan fingerprint density at radius 2 is 2.00 bits per heavy atom. The Morgan fingerprint density at radius 3 is 2.52 bits per heavy atom. The van der Waals surface area contributed by atoms with E-state index in [1.807, 2.05) is 0 Å². The van der Waals surface area contributed by atoms with Crippen LogP contribution in [0.5, 0.6) is 0 Å². The molecular formula is C17H28N2OS. The van der Waals surface area contributed by atoms with Crippen LogP contribution in [0.25, 0.3) is 0 Å². The van der Waals surface area contributed by atoms with Crippen LogP contribution in [0.15, 0.2) is 12.1 Å². The summed E-state index contributed by atoms with van der Waals surface area (Å²) in [7, 11) is 0. The Kier molecular flexibility index (Phi) is 5.82. The SMILES string of the molecule is Cc1ccc(C(C)NC(=O)C2CCN(CC(C)C)CC2)s1. The molecule has 1 aromatic rings. The average molecular weight is 308 g/mol. The molecule has 1 unspecified atom stereocenters. The second-order valence-corrected chi connectivity index (χ2v) is 7.97. The lowest BCUT2D eigenvalue weighted by Crippen LogP contribution is -2.42. The minimum absolute atomic E-state index is 0.130. The number of hydrogen-bond acceptors (Lipinski definition) is 3. The van der Waals surface area contributed by atoms with Crippen molar-refractivity contribution >= 4 is 17.2 Å². The minimum atomic E-state index is 0.130. The second-order valence-electron chi connectivity index (χ2n) is 6.65. The summed E-state index contributed by atoms with van der Waals surface area (Å²) in [5, 5.41) is 3.19. The Labute approximate surface area is 132 Å². The zero-order valence-electron chi connectivity index (χ0n) is 13.7. The van der Waals surface area contributed by atoms with Crippen molar-refractivity contribution < 1.29 is 4.79 Å². The van der Waals surface area contributed by atoms with Crippen LogP contribution in [0.2, 0.25) is 0 Å². The number of likely N-dealkylation sites (tertiary alicyclic amines) is 1. The van der Waals surface area contributed by atoms with Crippen molar-refractivity contribution in [2.75, 3.05) is 19.6 Å². The molecule has 1 aromatic heterocycles. The standard InChI is InChI=1S/C17H28N2OS/c1-12(2)11-19-9-7-15(8-10-19)17(20)18-14(4)16-6-5-13(3)21-16/h5-6,12,14-15H,7-11H2,1-4H3,(H,18,20). The largest absolute Gasteiger partial charge is 0.349 e. The number of hydrogen-bond donors (Lipinski definition) is 1. The average Bonchev–Trinajstić information content (AvgIpc) is 2.85. The summed E-state index contributed by atoms with van der Waals surface area (Å²) in [6, 6.07) is 4.37. The fourth-order valence-corrected chi connectivity index (χ4v) is 3.86. The van der Waals surface area contributed by atoms with Gasteiger partial charge in [-0.15, -0.1) is 11.3 Å². The molecule has 3 nitrogen and oxygen atoms in total. The van der Waals surface area contributed by atoms with Crippen molar-refractivity contribution in [1.29, 1.82) is 0 Å². The van der Waals surface area contributed by atoms with Gasteiger partial charge >= 0.3 is 0 Å². The Balaban J connectivity index is 1.79. The smallest absolute Gasteiger partial charge is 0.223 e. The van der Waals surface area contributed by atoms with Crippen LogP contribution in [-0.4, -0.2) is 30.4 Å². The molecule has 1 saturated heterocycles. The zero-order valence-corrected chi connectivity index (χ0v) is 14.5. The maximum Gasteiger partial charge on any atom is 0.223 e. The number of rotatable bonds is 5. The van der Waals surface area contributed by atoms with Gasteiger partial charge in [0.15, 0.2) is 0 Å². The molecule has 2 heterocycles. The lowest BCUT2D eigenvalue weighted by atomic mass is 9.95. The molecule has 0 saturated carbocycles. The molecule has 0 radical (unpaired) electrons. The number of piperidine rings is 1. The first-order valence-corrected chi connectivity index (χ1v) is 8.86. The van der Waals surface area contributed by atoms with E-state index in [0.29, 0.717) is 5.92 Å². The summed E-state index contributed by atoms with van der Waals surface area (Å²) in [6.07, 6.45) is 1.99. The van der Waals surface area contributed by atoms with Gasteiger partial charge in [0.1, 0.15) is 0 Å². The molecule has 21 heavy (non-hydrogen) atoms. The van der Waals surface area contributed by atoms with Gasteiger partial charge in [0.2, 0.25) is 5.91 Å². The van der Waals surface area contributed by atoms with Gasteiger partial charge in [0.25, 0.3) is 0 Å². The number of aryl methyl sites for hydroxylation is 1. The van der Waals surface area contributed by atoms with Gasteiger partial charge in [0.05, 0.1) is 6.04 Å². The molecule has 1 atom stereocenters. The third-order valence-corrected chi connectivity index (χ3v) is 5.31. The van der Waals surface area contributed by atoms with Crippen molar-refractivity contribution in [3.05, 3.63) is 21.9 Å². The van der Waals surface area contributed by atoms with Gasteiger partial charge in [-0.3, -0.25) is 4.79 Å². The van der Waals surface area contributed by atoms with E-state index in [0.717, 1.165) is 32.5 Å². The number of amides is 1. The summed E-state index contributed by atoms with van der Waals surface area (Å²) in [4.78, 5) is 17.4. The molecule has 1 aliphatic heterocycles. The minimum Gasteiger partial charge on any atom is -0.349 e. The highest BCUT2D eigenvalue weighted by Crippen LogP contribution is 2.24. The first-order chi connectivity index (χ1) is 9.95. The molecule has 118 valence electrons. The predicted molar refractivity (Wildman–Crippen MR) is 89.6 cm³/mol. The highest BCUT2D eigenvalue weighted by atomic mass is 32.1. The van der Waals surface area contributed by atoms with Crippen molar-refractivity contribution in [2.24, 2.45) is 11.8 Å². The van der Waals surface area contributed by atoms with Gasteiger partial charge in [-0.25, -0.2) is 0 Å². The summed E-state index contributed by atoms with van der Waals surface area (Å²) in [6.45, 7) is 12.0. The molecule has 2 rings (SSSR count). The Hall–Kier alpha value is -0.870. The van der Waals surface area contributed by atoms with Gasteiger partial charge in [-0.05, 0) is 57.8 Å². The molecule has 1 aliphatic rings. The van der Waals surface area contributed by atoms with Crippen LogP contribution in [0, 0.1) is 18.8 Å². The highest BCUT2D eigenvalue weighted by Gasteiger charge is 2.26. The van der Waals surface area contributed by atoms with E-state index < -0.39 is 0 Å². The first kappa shape index (κ1) is 16.5. The van der Waals surface area contributed by atoms with Gasteiger partial charge in [-0.2, -0.15) is 0 Å². The van der Waals surface area contributed by atoms with Crippen molar-refractivity contribution in [3.63, 3.8) is 0 Å². The van der Waals surface area contributed by atoms with Gasteiger partial charge in [0, 0.05) is 22.2 Å². The summed E-state index contributed by atoms with van der Waals surface area (Å²) in [5.74, 6) is 1.13. The molecule has 1 amide bonds. The maximum atomic E-state index is 12.4. The monoisotopic (exact) mass is 308 g/mol. The molecule has 0 bridgehead atoms. The third-order valence-electron chi connectivity index (χ3n) is 4.13. The van der Waals surface area contributed by atoms with Gasteiger partial charge in [-0.1, -0.05) is 13.8 Å². The van der Waals surface area contributed by atoms with Crippen molar-refractivity contribution in [2.45, 2.75) is 46.6 Å². The maximum absolute atomic E-state index is 12.4. The van der Waals surface area contributed by atoms with Gasteiger partial charge < -0.3 is 10.2 Å². The molecule has 1 N–H and O–H groups in total. The van der Waals surface area contributed by atoms with Crippen molar-refractivity contribution in [1.82, 2.24) is 10.2 Å². The van der Waals surface area contributed by atoms with Crippen LogP contribution in [-0.2, 0) is 4.79 Å². The third kappa shape index (κ3) is 4.82. The van der Waals surface area contributed by atoms with Crippen LogP contribution in [0.3, 0.4) is 0 Å². The number of carbonyl (C=O) groups is 1. The van der Waals surface area contributed by atoms with Crippen LogP contribution < -0.4 is 5.32 Å². The fourth-order valence-electron chi connectivity index (χ4n) is 2.98. The number of carbonyl (C=O) groups excluding carboxylic acids is 1. The van der Waals surface area contributed by atoms with Crippen LogP contribution in [0.4, 0.5) is 0 Å². The molecule has 0 aliphatic carbocycles. The van der Waals surface area contributed by atoms with E-state index >= 15 is 0 Å². The molecule has 1 fully saturated rings. The predicted octanol–water partition coefficient (Wildman–Crippen LogP) is 3.60. The Bertz CT molecular complexity index is 461. The normalized spacial score (nSPS) is 18.9. The van der Waals surface area contributed by atoms with E-state index in [9.17, 15) is 4.79 Å². The topological polar surface area (TPSA) is 32.3 Å². The van der Waals surface area contributed by atoms with E-state index in [4.69, 9.17) is 0 Å². The molecule has 0 spiro atoms.